The molecule has 1 heterocycles. The number of carbonyl (C=O) groups excluding carboxylic acids is 1. The average Bonchev–Trinajstić information content (AvgIpc) is 2.69. The quantitative estimate of drug-likeness (QED) is 0.406. The van der Waals surface area contributed by atoms with Crippen molar-refractivity contribution in [3.8, 4) is 0 Å². The van der Waals surface area contributed by atoms with Crippen LogP contribution in [0.4, 0.5) is 17.1 Å². The number of nitro benzene ring substituents is 1. The van der Waals surface area contributed by atoms with Crippen molar-refractivity contribution < 1.29 is 14.5 Å². The Morgan fingerprint density at radius 1 is 1.21 bits per heavy atom. The number of thiocarbonyl (C=S) groups is 1. The van der Waals surface area contributed by atoms with Crippen molar-refractivity contribution in [2.45, 2.75) is 0 Å². The second-order valence-electron chi connectivity index (χ2n) is 5.95. The smallest absolute Gasteiger partial charge is 0.270 e. The molecule has 1 aliphatic rings. The summed E-state index contributed by atoms with van der Waals surface area (Å²) < 4.78 is 5.82. The van der Waals surface area contributed by atoms with Crippen molar-refractivity contribution in [1.82, 2.24) is 5.32 Å². The Kier molecular flexibility index (Phi) is 6.55. The fourth-order valence-electron chi connectivity index (χ4n) is 2.78. The molecule has 10 heteroatoms. The van der Waals surface area contributed by atoms with Crippen LogP contribution in [0, 0.1) is 10.1 Å². The van der Waals surface area contributed by atoms with Crippen molar-refractivity contribution in [2.75, 3.05) is 36.5 Å². The molecule has 0 radical (unpaired) electrons. The Labute approximate surface area is 175 Å². The molecule has 1 amide bonds. The van der Waals surface area contributed by atoms with Crippen LogP contribution in [-0.4, -0.2) is 42.2 Å². The highest BCUT2D eigenvalue weighted by Crippen LogP contribution is 2.26. The van der Waals surface area contributed by atoms with Gasteiger partial charge in [0.25, 0.3) is 11.6 Å². The zero-order valence-electron chi connectivity index (χ0n) is 14.7. The highest BCUT2D eigenvalue weighted by molar-refractivity contribution is 9.10. The summed E-state index contributed by atoms with van der Waals surface area (Å²) in [5.41, 5.74) is 1.66. The van der Waals surface area contributed by atoms with E-state index in [9.17, 15) is 14.9 Å². The number of nitrogens with zero attached hydrogens (tertiary/aromatic N) is 2. The van der Waals surface area contributed by atoms with E-state index >= 15 is 0 Å². The molecule has 3 rings (SSSR count). The molecular formula is C18H17BrN4O4S. The number of halogens is 1. The summed E-state index contributed by atoms with van der Waals surface area (Å²) in [7, 11) is 0. The summed E-state index contributed by atoms with van der Waals surface area (Å²) in [6.45, 7) is 2.82. The molecule has 1 saturated heterocycles. The lowest BCUT2D eigenvalue weighted by Crippen LogP contribution is -2.38. The third-order valence-electron chi connectivity index (χ3n) is 4.14. The van der Waals surface area contributed by atoms with Crippen LogP contribution in [0.5, 0.6) is 0 Å². The van der Waals surface area contributed by atoms with E-state index < -0.39 is 10.8 Å². The molecule has 0 saturated carbocycles. The third kappa shape index (κ3) is 4.83. The van der Waals surface area contributed by atoms with Crippen molar-refractivity contribution in [3.63, 3.8) is 0 Å². The van der Waals surface area contributed by atoms with Gasteiger partial charge in [-0.05, 0) is 46.3 Å². The first-order chi connectivity index (χ1) is 13.5. The highest BCUT2D eigenvalue weighted by Gasteiger charge is 2.18. The fraction of sp³-hybridized carbons (Fsp3) is 0.222. The Bertz CT molecular complexity index is 918. The van der Waals surface area contributed by atoms with E-state index in [0.29, 0.717) is 17.7 Å². The van der Waals surface area contributed by atoms with Gasteiger partial charge in [-0.25, -0.2) is 0 Å². The Morgan fingerprint density at radius 2 is 1.93 bits per heavy atom. The van der Waals surface area contributed by atoms with E-state index in [0.717, 1.165) is 24.5 Å². The first-order valence-corrected chi connectivity index (χ1v) is 9.64. The normalized spacial score (nSPS) is 13.7. The van der Waals surface area contributed by atoms with Crippen molar-refractivity contribution in [3.05, 3.63) is 62.6 Å². The molecule has 0 bridgehead atoms. The molecule has 0 unspecified atom stereocenters. The summed E-state index contributed by atoms with van der Waals surface area (Å²) in [5.74, 6) is -0.545. The summed E-state index contributed by atoms with van der Waals surface area (Å²) in [4.78, 5) is 25.1. The molecule has 0 aromatic heterocycles. The van der Waals surface area contributed by atoms with Gasteiger partial charge in [0.2, 0.25) is 0 Å². The van der Waals surface area contributed by atoms with E-state index in [1.807, 2.05) is 24.3 Å². The van der Waals surface area contributed by atoms with Crippen LogP contribution in [0.25, 0.3) is 0 Å². The molecule has 1 fully saturated rings. The fourth-order valence-corrected chi connectivity index (χ4v) is 3.41. The average molecular weight is 465 g/mol. The number of nitro groups is 1. The van der Waals surface area contributed by atoms with E-state index in [4.69, 9.17) is 17.0 Å². The predicted octanol–water partition coefficient (Wildman–Crippen LogP) is 3.32. The maximum Gasteiger partial charge on any atom is 0.270 e. The molecule has 146 valence electrons. The molecule has 1 aliphatic heterocycles. The molecule has 28 heavy (non-hydrogen) atoms. The molecule has 0 spiro atoms. The third-order valence-corrected chi connectivity index (χ3v) is 5.03. The Morgan fingerprint density at radius 3 is 2.64 bits per heavy atom. The second-order valence-corrected chi connectivity index (χ2v) is 7.21. The number of benzene rings is 2. The summed E-state index contributed by atoms with van der Waals surface area (Å²) in [5, 5.41) is 16.6. The van der Waals surface area contributed by atoms with Crippen LogP contribution in [0.3, 0.4) is 0 Å². The van der Waals surface area contributed by atoms with E-state index in [-0.39, 0.29) is 16.4 Å². The zero-order valence-corrected chi connectivity index (χ0v) is 17.1. The highest BCUT2D eigenvalue weighted by atomic mass is 79.9. The lowest BCUT2D eigenvalue weighted by atomic mass is 10.2. The SMILES string of the molecule is O=C(NC(=S)Nc1ccccc1N1CCOCC1)c1cc([N+](=O)[O-])ccc1Br. The van der Waals surface area contributed by atoms with Gasteiger partial charge in [0.05, 0.1) is 35.1 Å². The van der Waals surface area contributed by atoms with Crippen molar-refractivity contribution in [2.24, 2.45) is 0 Å². The number of rotatable bonds is 4. The standard InChI is InChI=1S/C18H17BrN4O4S/c19-14-6-5-12(23(25)26)11-13(14)17(24)21-18(28)20-15-3-1-2-4-16(15)22-7-9-27-10-8-22/h1-6,11H,7-10H2,(H2,20,21,24,28). The van der Waals surface area contributed by atoms with Crippen LogP contribution >= 0.6 is 28.1 Å². The number of non-ortho nitro benzene ring substituents is 1. The lowest BCUT2D eigenvalue weighted by molar-refractivity contribution is -0.384. The number of hydrogen-bond acceptors (Lipinski definition) is 6. The number of anilines is 2. The van der Waals surface area contributed by atoms with Crippen LogP contribution in [-0.2, 0) is 4.74 Å². The van der Waals surface area contributed by atoms with Crippen molar-refractivity contribution >= 4 is 56.2 Å². The van der Waals surface area contributed by atoms with Gasteiger partial charge in [0.15, 0.2) is 5.11 Å². The maximum absolute atomic E-state index is 12.5. The second kappa shape index (κ2) is 9.09. The number of nitrogens with one attached hydrogen (secondary N) is 2. The summed E-state index contributed by atoms with van der Waals surface area (Å²) >= 11 is 8.50. The Balaban J connectivity index is 1.72. The maximum atomic E-state index is 12.5. The predicted molar refractivity (Wildman–Crippen MR) is 114 cm³/mol. The number of ether oxygens (including phenoxy) is 1. The molecule has 8 nitrogen and oxygen atoms in total. The van der Waals surface area contributed by atoms with E-state index in [1.54, 1.807) is 0 Å². The minimum atomic E-state index is -0.557. The monoisotopic (exact) mass is 464 g/mol. The van der Waals surface area contributed by atoms with Crippen LogP contribution in [0.15, 0.2) is 46.9 Å². The number of carbonyl (C=O) groups is 1. The first-order valence-electron chi connectivity index (χ1n) is 8.43. The van der Waals surface area contributed by atoms with Gasteiger partial charge in [0.1, 0.15) is 0 Å². The van der Waals surface area contributed by atoms with E-state index in [2.05, 4.69) is 31.5 Å². The van der Waals surface area contributed by atoms with Gasteiger partial charge in [-0.2, -0.15) is 0 Å². The van der Waals surface area contributed by atoms with Gasteiger partial charge in [-0.1, -0.05) is 12.1 Å². The summed E-state index contributed by atoms with van der Waals surface area (Å²) in [6, 6.07) is 11.6. The minimum Gasteiger partial charge on any atom is -0.378 e. The topological polar surface area (TPSA) is 96.7 Å². The van der Waals surface area contributed by atoms with Crippen LogP contribution in [0.1, 0.15) is 10.4 Å². The van der Waals surface area contributed by atoms with Crippen molar-refractivity contribution in [1.29, 1.82) is 0 Å². The summed E-state index contributed by atoms with van der Waals surface area (Å²) in [6.07, 6.45) is 0. The minimum absolute atomic E-state index is 0.101. The van der Waals surface area contributed by atoms with E-state index in [1.165, 1.54) is 18.2 Å². The molecule has 0 aliphatic carbocycles. The zero-order chi connectivity index (χ0) is 20.1. The number of morpholine rings is 1. The molecule has 2 aromatic rings. The first kappa shape index (κ1) is 20.2. The molecule has 0 atom stereocenters. The Hall–Kier alpha value is -2.56. The number of para-hydroxylation sites is 2. The van der Waals surface area contributed by atoms with Gasteiger partial charge in [-0.3, -0.25) is 20.2 Å². The van der Waals surface area contributed by atoms with Gasteiger partial charge in [0, 0.05) is 29.7 Å². The molecular weight excluding hydrogens is 448 g/mol. The van der Waals surface area contributed by atoms with Crippen LogP contribution in [0.2, 0.25) is 0 Å². The largest absolute Gasteiger partial charge is 0.378 e. The van der Waals surface area contributed by atoms with Gasteiger partial charge < -0.3 is 15.0 Å². The lowest BCUT2D eigenvalue weighted by Gasteiger charge is -2.30. The number of hydrogen-bond donors (Lipinski definition) is 2. The molecule has 2 N–H and O–H groups in total. The molecule has 2 aromatic carbocycles. The van der Waals surface area contributed by atoms with Gasteiger partial charge >= 0.3 is 0 Å². The van der Waals surface area contributed by atoms with Gasteiger partial charge in [-0.15, -0.1) is 0 Å². The van der Waals surface area contributed by atoms with Crippen LogP contribution < -0.4 is 15.5 Å². The number of amides is 1.